The summed E-state index contributed by atoms with van der Waals surface area (Å²) in [6, 6.07) is -0.258. The van der Waals surface area contributed by atoms with Gasteiger partial charge in [-0.1, -0.05) is 0 Å². The van der Waals surface area contributed by atoms with Crippen LogP contribution in [0.3, 0.4) is 0 Å². The molecule has 0 aliphatic heterocycles. The fourth-order valence-electron chi connectivity index (χ4n) is 1.87. The lowest BCUT2D eigenvalue weighted by Gasteiger charge is -2.36. The van der Waals surface area contributed by atoms with E-state index in [1.807, 2.05) is 6.92 Å². The van der Waals surface area contributed by atoms with Crippen molar-refractivity contribution in [2.24, 2.45) is 0 Å². The number of rotatable bonds is 4. The van der Waals surface area contributed by atoms with Crippen LogP contribution in [0.2, 0.25) is 0 Å². The number of nitrogens with one attached hydrogen (secondary N) is 1. The molecule has 0 unspecified atom stereocenters. The Morgan fingerprint density at radius 2 is 1.72 bits per heavy atom. The molecular weight excluding hydrogens is 252 g/mol. The van der Waals surface area contributed by atoms with Gasteiger partial charge >= 0.3 is 0 Å². The van der Waals surface area contributed by atoms with E-state index in [0.29, 0.717) is 19.4 Å². The molecule has 2 rings (SSSR count). The maximum atomic E-state index is 13.3. The monoisotopic (exact) mass is 264 g/mol. The summed E-state index contributed by atoms with van der Waals surface area (Å²) in [7, 11) is 0. The Kier molecular flexibility index (Phi) is 3.70. The van der Waals surface area contributed by atoms with Crippen LogP contribution in [0.4, 0.5) is 23.2 Å². The Bertz CT molecular complexity index is 423. The molecule has 100 valence electrons. The summed E-state index contributed by atoms with van der Waals surface area (Å²) in [5.41, 5.74) is -0.806. The number of aromatic nitrogens is 1. The topological polar surface area (TPSA) is 34.1 Å². The molecule has 0 atom stereocenters. The normalized spacial score (nSPS) is 22.7. The van der Waals surface area contributed by atoms with E-state index in [4.69, 9.17) is 4.74 Å². The number of ether oxygens (including phenoxy) is 1. The molecule has 0 saturated heterocycles. The van der Waals surface area contributed by atoms with Gasteiger partial charge in [0.1, 0.15) is 5.69 Å². The fraction of sp³-hybridized carbons (Fsp3) is 0.545. The van der Waals surface area contributed by atoms with Crippen molar-refractivity contribution in [2.75, 3.05) is 11.9 Å². The van der Waals surface area contributed by atoms with E-state index in [9.17, 15) is 17.6 Å². The molecule has 0 bridgehead atoms. The van der Waals surface area contributed by atoms with Crippen LogP contribution in [0.15, 0.2) is 0 Å². The Morgan fingerprint density at radius 1 is 1.17 bits per heavy atom. The van der Waals surface area contributed by atoms with Crippen LogP contribution in [0.25, 0.3) is 0 Å². The standard InChI is InChI=1S/C11H12F4N2O/c1-2-18-6-3-5(4-6)16-9-7(12)10(14)17-11(15)8(9)13/h5-6H,2-4H2,1H3,(H,16,17). The average molecular weight is 264 g/mol. The van der Waals surface area contributed by atoms with Gasteiger partial charge in [0, 0.05) is 12.6 Å². The van der Waals surface area contributed by atoms with E-state index in [1.165, 1.54) is 0 Å². The van der Waals surface area contributed by atoms with Gasteiger partial charge in [-0.05, 0) is 19.8 Å². The third kappa shape index (κ3) is 2.40. The number of hydrogen-bond donors (Lipinski definition) is 1. The van der Waals surface area contributed by atoms with Gasteiger partial charge in [-0.3, -0.25) is 0 Å². The van der Waals surface area contributed by atoms with Gasteiger partial charge in [-0.15, -0.1) is 0 Å². The number of halogens is 4. The number of anilines is 1. The van der Waals surface area contributed by atoms with Crippen molar-refractivity contribution in [1.82, 2.24) is 4.98 Å². The molecule has 1 heterocycles. The van der Waals surface area contributed by atoms with E-state index in [-0.39, 0.29) is 12.1 Å². The van der Waals surface area contributed by atoms with Crippen LogP contribution in [-0.4, -0.2) is 23.7 Å². The van der Waals surface area contributed by atoms with Crippen molar-refractivity contribution >= 4 is 5.69 Å². The summed E-state index contributed by atoms with van der Waals surface area (Å²) in [5, 5.41) is 2.43. The van der Waals surface area contributed by atoms with E-state index in [1.54, 1.807) is 0 Å². The van der Waals surface area contributed by atoms with Crippen molar-refractivity contribution < 1.29 is 22.3 Å². The van der Waals surface area contributed by atoms with E-state index in [0.717, 1.165) is 0 Å². The Hall–Kier alpha value is -1.37. The second kappa shape index (κ2) is 5.09. The van der Waals surface area contributed by atoms with Crippen molar-refractivity contribution in [3.63, 3.8) is 0 Å². The molecule has 7 heteroatoms. The lowest BCUT2D eigenvalue weighted by molar-refractivity contribution is 0.00284. The van der Waals surface area contributed by atoms with Crippen LogP contribution < -0.4 is 5.32 Å². The molecule has 1 N–H and O–H groups in total. The Balaban J connectivity index is 2.07. The first-order valence-electron chi connectivity index (χ1n) is 5.61. The van der Waals surface area contributed by atoms with Crippen molar-refractivity contribution in [1.29, 1.82) is 0 Å². The van der Waals surface area contributed by atoms with E-state index >= 15 is 0 Å². The molecule has 1 aliphatic carbocycles. The van der Waals surface area contributed by atoms with Crippen molar-refractivity contribution in [3.05, 3.63) is 23.5 Å². The predicted molar refractivity (Wildman–Crippen MR) is 56.1 cm³/mol. The van der Waals surface area contributed by atoms with Gasteiger partial charge in [0.05, 0.1) is 6.10 Å². The molecule has 1 fully saturated rings. The summed E-state index contributed by atoms with van der Waals surface area (Å²) in [6.45, 7) is 2.40. The zero-order valence-electron chi connectivity index (χ0n) is 9.64. The molecule has 0 radical (unpaired) electrons. The molecule has 0 spiro atoms. The Morgan fingerprint density at radius 3 is 2.22 bits per heavy atom. The van der Waals surface area contributed by atoms with Crippen LogP contribution in [0.1, 0.15) is 19.8 Å². The first kappa shape index (κ1) is 13.1. The zero-order valence-corrected chi connectivity index (χ0v) is 9.64. The van der Waals surface area contributed by atoms with Gasteiger partial charge in [0.15, 0.2) is 0 Å². The summed E-state index contributed by atoms with van der Waals surface area (Å²) in [5.74, 6) is -6.32. The summed E-state index contributed by atoms with van der Waals surface area (Å²) < 4.78 is 57.5. The SMILES string of the molecule is CCOC1CC(Nc2c(F)c(F)nc(F)c2F)C1. The maximum Gasteiger partial charge on any atom is 0.253 e. The highest BCUT2D eigenvalue weighted by Crippen LogP contribution is 2.30. The van der Waals surface area contributed by atoms with Gasteiger partial charge in [-0.2, -0.15) is 22.5 Å². The minimum Gasteiger partial charge on any atom is -0.378 e. The predicted octanol–water partition coefficient (Wildman–Crippen LogP) is 2.62. The molecule has 1 saturated carbocycles. The molecule has 0 amide bonds. The van der Waals surface area contributed by atoms with E-state index in [2.05, 4.69) is 10.3 Å². The molecule has 1 aromatic heterocycles. The van der Waals surface area contributed by atoms with Crippen LogP contribution in [-0.2, 0) is 4.74 Å². The average Bonchev–Trinajstić information content (AvgIpc) is 2.28. The number of pyridine rings is 1. The molecule has 1 aliphatic rings. The number of hydrogen-bond acceptors (Lipinski definition) is 3. The minimum absolute atomic E-state index is 0.0233. The molecular formula is C11H12F4N2O. The fourth-order valence-corrected chi connectivity index (χ4v) is 1.87. The number of nitrogens with zero attached hydrogens (tertiary/aromatic N) is 1. The second-order valence-electron chi connectivity index (χ2n) is 4.09. The highest BCUT2D eigenvalue weighted by atomic mass is 19.2. The molecule has 0 aromatic carbocycles. The third-order valence-electron chi connectivity index (χ3n) is 2.84. The molecule has 1 aromatic rings. The third-order valence-corrected chi connectivity index (χ3v) is 2.84. The maximum absolute atomic E-state index is 13.3. The largest absolute Gasteiger partial charge is 0.378 e. The quantitative estimate of drug-likeness (QED) is 0.670. The first-order chi connectivity index (χ1) is 8.52. The Labute approximate surface area is 101 Å². The zero-order chi connectivity index (χ0) is 13.3. The van der Waals surface area contributed by atoms with Gasteiger partial charge in [0.2, 0.25) is 11.6 Å². The second-order valence-corrected chi connectivity index (χ2v) is 4.09. The van der Waals surface area contributed by atoms with Crippen LogP contribution >= 0.6 is 0 Å². The highest BCUT2D eigenvalue weighted by Gasteiger charge is 2.32. The van der Waals surface area contributed by atoms with Gasteiger partial charge in [0.25, 0.3) is 11.9 Å². The smallest absolute Gasteiger partial charge is 0.253 e. The van der Waals surface area contributed by atoms with Crippen molar-refractivity contribution in [3.8, 4) is 0 Å². The minimum atomic E-state index is -1.66. The van der Waals surface area contributed by atoms with Gasteiger partial charge < -0.3 is 10.1 Å². The van der Waals surface area contributed by atoms with Crippen LogP contribution in [0, 0.1) is 23.5 Å². The lowest BCUT2D eigenvalue weighted by atomic mass is 9.89. The summed E-state index contributed by atoms with van der Waals surface area (Å²) in [4.78, 5) is 2.48. The summed E-state index contributed by atoms with van der Waals surface area (Å²) in [6.07, 6.45) is 1.10. The van der Waals surface area contributed by atoms with Crippen LogP contribution in [0.5, 0.6) is 0 Å². The molecule has 18 heavy (non-hydrogen) atoms. The lowest BCUT2D eigenvalue weighted by Crippen LogP contribution is -2.41. The highest BCUT2D eigenvalue weighted by molar-refractivity contribution is 5.46. The van der Waals surface area contributed by atoms with Crippen molar-refractivity contribution in [2.45, 2.75) is 31.9 Å². The van der Waals surface area contributed by atoms with E-state index < -0.39 is 29.2 Å². The summed E-state index contributed by atoms with van der Waals surface area (Å²) >= 11 is 0. The van der Waals surface area contributed by atoms with Gasteiger partial charge in [-0.25, -0.2) is 0 Å². The first-order valence-corrected chi connectivity index (χ1v) is 5.61. The molecule has 3 nitrogen and oxygen atoms in total.